The summed E-state index contributed by atoms with van der Waals surface area (Å²) in [7, 11) is 0. The number of imidazole rings is 1. The third-order valence-corrected chi connectivity index (χ3v) is 18.3. The molecule has 2 aliphatic heterocycles. The maximum Gasteiger partial charge on any atom is 0.222 e. The van der Waals surface area contributed by atoms with E-state index in [9.17, 15) is 19.8 Å². The number of ether oxygens (including phenoxy) is 6. The summed E-state index contributed by atoms with van der Waals surface area (Å²) in [5, 5.41) is 26.6. The predicted octanol–water partition coefficient (Wildman–Crippen LogP) is 11.1. The number of aliphatic hydroxyl groups is 2. The van der Waals surface area contributed by atoms with Gasteiger partial charge in [-0.2, -0.15) is 6.92 Å². The zero-order valence-electron chi connectivity index (χ0n) is 58.1. The number of aryl methyl sites for hydroxylation is 1. The summed E-state index contributed by atoms with van der Waals surface area (Å²) in [6.45, 7) is 40.3. The molecule has 2 aromatic heterocycles. The summed E-state index contributed by atoms with van der Waals surface area (Å²) in [5.74, 6) is 5.16. The van der Waals surface area contributed by atoms with Crippen LogP contribution in [-0.2, 0) is 80.6 Å². The number of nitrogens with zero attached hydrogens (tertiary/aromatic N) is 5. The number of pyridine rings is 1. The zero-order chi connectivity index (χ0) is 65.5. The maximum absolute atomic E-state index is 12.6. The summed E-state index contributed by atoms with van der Waals surface area (Å²) >= 11 is 0. The topological polar surface area (TPSA) is 217 Å². The first-order valence-corrected chi connectivity index (χ1v) is 34.4. The largest absolute Gasteiger partial charge is 0.493 e. The summed E-state index contributed by atoms with van der Waals surface area (Å²) in [4.78, 5) is 39.2. The Morgan fingerprint density at radius 1 is 0.725 bits per heavy atom. The Bertz CT molecular complexity index is 2730. The molecule has 2 aromatic carbocycles. The number of aliphatic hydroxyl groups excluding tert-OH is 2. The van der Waals surface area contributed by atoms with Crippen LogP contribution in [0, 0.1) is 57.8 Å². The van der Waals surface area contributed by atoms with Gasteiger partial charge in [0.25, 0.3) is 0 Å². The third-order valence-electron chi connectivity index (χ3n) is 18.3. The molecule has 2 aliphatic rings. The van der Waals surface area contributed by atoms with E-state index in [1.165, 1.54) is 62.5 Å². The first-order chi connectivity index (χ1) is 43.3. The van der Waals surface area contributed by atoms with Crippen LogP contribution in [-0.4, -0.2) is 177 Å². The Kier molecular flexibility index (Phi) is 37.4. The Labute approximate surface area is 573 Å². The molecule has 1 saturated heterocycles. The molecule has 0 bridgehead atoms. The summed E-state index contributed by atoms with van der Waals surface area (Å²) < 4.78 is 37.9. The fourth-order valence-corrected chi connectivity index (χ4v) is 12.4. The maximum atomic E-state index is 12.6. The van der Waals surface area contributed by atoms with Crippen molar-refractivity contribution < 1.29 is 80.9 Å². The van der Waals surface area contributed by atoms with Gasteiger partial charge in [0.05, 0.1) is 77.1 Å². The summed E-state index contributed by atoms with van der Waals surface area (Å²) in [6.07, 6.45) is 17.9. The number of piperazine rings is 1. The van der Waals surface area contributed by atoms with E-state index in [1.807, 2.05) is 11.5 Å². The van der Waals surface area contributed by atoms with Crippen molar-refractivity contribution in [2.75, 3.05) is 131 Å². The molecule has 19 heteroatoms. The molecule has 0 aliphatic carbocycles. The first-order valence-electron chi connectivity index (χ1n) is 34.4. The van der Waals surface area contributed by atoms with E-state index in [0.717, 1.165) is 140 Å². The van der Waals surface area contributed by atoms with E-state index in [0.29, 0.717) is 109 Å². The van der Waals surface area contributed by atoms with Crippen LogP contribution in [0.4, 0.5) is 5.82 Å². The molecular weight excluding hydrogens is 1230 g/mol. The average Bonchev–Trinajstić information content (AvgIpc) is 1.76. The number of fused-ring (bicyclic) bond motifs is 4. The standard InChI is InChI=1S/C70H115N8O10.C2H5.Y/c1-51(2)17-11-18-52(3)19-12-20-53(4)21-13-28-70(10)29-26-59-56(7)66(54(5)55(6)67(59)88-70)87-39-15-23-62(81)72-30-41-86-46-44-84-40-27-63(82)73-31-42-85-45-43-83-38-16-33-77-36-34-76(35-37-77)32-14-22-58-24-25-60-61(47-58)75-68(71)64-65(60)78(57(8)74-64)48-69(9,49-79)50-80;1-2;/h24-25,47,51-53,79-80H,8,11-23,26-46,48-50H2,1-7,9-10H3,(H2,71,75)(H,72,81)(H,73,82);1H2,2H3;/q2*-1;/t52-,53-,70-;;/m1../s1. The van der Waals surface area contributed by atoms with Crippen molar-refractivity contribution in [3.05, 3.63) is 65.7 Å². The van der Waals surface area contributed by atoms with Gasteiger partial charge >= 0.3 is 0 Å². The van der Waals surface area contributed by atoms with Crippen LogP contribution in [0.15, 0.2) is 18.2 Å². The normalized spacial score (nSPS) is 16.1. The van der Waals surface area contributed by atoms with E-state index < -0.39 is 5.41 Å². The number of nitrogens with two attached hydrogens (primary N) is 1. The van der Waals surface area contributed by atoms with Crippen molar-refractivity contribution in [3.63, 3.8) is 0 Å². The monoisotopic (exact) mass is 1350 g/mol. The molecule has 1 radical (unpaired) electrons. The van der Waals surface area contributed by atoms with Crippen molar-refractivity contribution in [3.8, 4) is 11.5 Å². The Hall–Kier alpha value is -3.69. The molecular formula is C72H120N8O10Y-2. The number of nitrogen functional groups attached to an aromatic ring is 1. The molecule has 6 rings (SSSR count). The number of hydrogen-bond donors (Lipinski definition) is 5. The third kappa shape index (κ3) is 27.2. The molecule has 91 heavy (non-hydrogen) atoms. The van der Waals surface area contributed by atoms with Crippen LogP contribution in [0.1, 0.15) is 178 Å². The molecule has 2 amide bonds. The van der Waals surface area contributed by atoms with E-state index in [4.69, 9.17) is 34.2 Å². The second-order valence-corrected chi connectivity index (χ2v) is 26.7. The van der Waals surface area contributed by atoms with Crippen LogP contribution >= 0.6 is 0 Å². The molecule has 4 heterocycles. The molecule has 0 unspecified atom stereocenters. The minimum absolute atomic E-state index is 0. The Balaban J connectivity index is 0.00000583. The van der Waals surface area contributed by atoms with Gasteiger partial charge in [-0.25, -0.2) is 4.98 Å². The van der Waals surface area contributed by atoms with E-state index in [-0.39, 0.29) is 69.8 Å². The summed E-state index contributed by atoms with van der Waals surface area (Å²) in [6, 6.07) is 6.34. The van der Waals surface area contributed by atoms with Crippen molar-refractivity contribution in [1.82, 2.24) is 35.0 Å². The fraction of sp³-hybridized carbons (Fsp3) is 0.722. The molecule has 513 valence electrons. The minimum Gasteiger partial charge on any atom is -0.493 e. The number of amides is 2. The number of nitrogens with one attached hydrogen (secondary N) is 2. The van der Waals surface area contributed by atoms with Gasteiger partial charge in [0.2, 0.25) is 11.8 Å². The number of carbonyl (C=O) groups excluding carboxylic acids is 2. The molecule has 4 aromatic rings. The SMILES string of the molecule is [CH2-]C.[CH2-]c1nc2c(N)nc3cc(CCCN4CCN(CCCOCCOCCNC(=O)CCOCCOCCNC(=O)CCCOc5c(C)c(C)c6c(c5C)CC[C@@](C)(CCC[C@H](C)CCC[C@H](C)CCCC(C)C)O6)CC4)ccc3c2n1CC(C)(CO)CO.[Y]. The number of benzene rings is 2. The van der Waals surface area contributed by atoms with Gasteiger partial charge in [-0.1, -0.05) is 91.7 Å². The van der Waals surface area contributed by atoms with Gasteiger partial charge in [-0.3, -0.25) is 14.6 Å². The van der Waals surface area contributed by atoms with Crippen LogP contribution < -0.4 is 25.8 Å². The molecule has 0 saturated carbocycles. The minimum atomic E-state index is -0.730. The molecule has 6 N–H and O–H groups in total. The molecule has 0 spiro atoms. The fourth-order valence-electron chi connectivity index (χ4n) is 12.4. The van der Waals surface area contributed by atoms with E-state index >= 15 is 0 Å². The van der Waals surface area contributed by atoms with Crippen molar-refractivity contribution in [2.45, 2.75) is 191 Å². The number of carbonyl (C=O) groups is 2. The van der Waals surface area contributed by atoms with E-state index in [1.54, 1.807) is 6.92 Å². The van der Waals surface area contributed by atoms with Gasteiger partial charge < -0.3 is 83.2 Å². The van der Waals surface area contributed by atoms with Crippen LogP contribution in [0.2, 0.25) is 0 Å². The quantitative estimate of drug-likeness (QED) is 0.0206. The van der Waals surface area contributed by atoms with Crippen LogP contribution in [0.3, 0.4) is 0 Å². The van der Waals surface area contributed by atoms with Gasteiger partial charge in [-0.15, -0.1) is 0 Å². The molecule has 3 atom stereocenters. The van der Waals surface area contributed by atoms with Crippen molar-refractivity contribution >= 4 is 39.6 Å². The second kappa shape index (κ2) is 42.7. The number of rotatable bonds is 44. The summed E-state index contributed by atoms with van der Waals surface area (Å²) in [5.41, 5.74) is 13.6. The molecule has 18 nitrogen and oxygen atoms in total. The van der Waals surface area contributed by atoms with Crippen LogP contribution in [0.25, 0.3) is 21.9 Å². The van der Waals surface area contributed by atoms with Crippen LogP contribution in [0.5, 0.6) is 11.5 Å². The van der Waals surface area contributed by atoms with Crippen molar-refractivity contribution in [2.24, 2.45) is 23.2 Å². The van der Waals surface area contributed by atoms with Gasteiger partial charge in [0, 0.05) is 121 Å². The number of hydrogen-bond acceptors (Lipinski definition) is 15. The van der Waals surface area contributed by atoms with Gasteiger partial charge in [0.1, 0.15) is 22.6 Å². The smallest absolute Gasteiger partial charge is 0.222 e. The number of anilines is 1. The predicted molar refractivity (Wildman–Crippen MR) is 364 cm³/mol. The van der Waals surface area contributed by atoms with Gasteiger partial charge in [0.15, 0.2) is 5.82 Å². The Morgan fingerprint density at radius 2 is 1.30 bits per heavy atom. The Morgan fingerprint density at radius 3 is 1.91 bits per heavy atom. The second-order valence-electron chi connectivity index (χ2n) is 26.7. The van der Waals surface area contributed by atoms with Crippen molar-refractivity contribution in [1.29, 1.82) is 0 Å². The van der Waals surface area contributed by atoms with E-state index in [2.05, 4.69) is 118 Å². The average molecular weight is 1350 g/mol. The van der Waals surface area contributed by atoms with Gasteiger partial charge in [-0.05, 0) is 138 Å². The molecule has 1 fully saturated rings. The first kappa shape index (κ1) is 79.8. The zero-order valence-corrected chi connectivity index (χ0v) is 60.9. The number of aromatic nitrogens is 3.